The number of hydrogen-bond acceptors (Lipinski definition) is 3. The summed E-state index contributed by atoms with van der Waals surface area (Å²) in [4.78, 5) is 12.2. The Morgan fingerprint density at radius 3 is 2.50 bits per heavy atom. The molecule has 20 heavy (non-hydrogen) atoms. The number of esters is 1. The number of nitrogens with zero attached hydrogens (tertiary/aromatic N) is 1. The quantitative estimate of drug-likeness (QED) is 0.872. The second kappa shape index (κ2) is 5.71. The number of aromatic nitrogens is 1. The lowest BCUT2D eigenvalue weighted by molar-refractivity contribution is -0.150. The molecule has 0 amide bonds. The van der Waals surface area contributed by atoms with Gasteiger partial charge in [-0.3, -0.25) is 0 Å². The fourth-order valence-corrected chi connectivity index (χ4v) is 2.52. The lowest BCUT2D eigenvalue weighted by Gasteiger charge is -2.28. The Morgan fingerprint density at radius 1 is 1.35 bits per heavy atom. The van der Waals surface area contributed by atoms with Crippen molar-refractivity contribution in [1.29, 1.82) is 0 Å². The van der Waals surface area contributed by atoms with Crippen molar-refractivity contribution in [3.05, 3.63) is 52.8 Å². The van der Waals surface area contributed by atoms with Crippen LogP contribution in [-0.2, 0) is 21.5 Å². The van der Waals surface area contributed by atoms with E-state index in [-0.39, 0.29) is 11.7 Å². The van der Waals surface area contributed by atoms with E-state index < -0.39 is 5.54 Å². The molecule has 0 saturated heterocycles. The Hall–Kier alpha value is -1.75. The fourth-order valence-electron chi connectivity index (χ4n) is 2.18. The van der Waals surface area contributed by atoms with E-state index in [0.29, 0.717) is 6.42 Å². The number of benzene rings is 1. The number of phenolic OH excluding ortho intramolecular Hbond substituents is 1. The molecule has 0 aliphatic carbocycles. The minimum atomic E-state index is -0.836. The molecule has 0 radical (unpaired) electrons. The zero-order valence-electron chi connectivity index (χ0n) is 11.3. The average molecular weight is 338 g/mol. The normalized spacial score (nSPS) is 13.8. The molecule has 1 aromatic carbocycles. The lowest BCUT2D eigenvalue weighted by atomic mass is 9.92. The van der Waals surface area contributed by atoms with Gasteiger partial charge in [0.1, 0.15) is 11.3 Å². The Kier molecular flexibility index (Phi) is 4.18. The molecular weight excluding hydrogens is 322 g/mol. The zero-order valence-corrected chi connectivity index (χ0v) is 12.9. The summed E-state index contributed by atoms with van der Waals surface area (Å²) >= 11 is 3.38. The van der Waals surface area contributed by atoms with Crippen molar-refractivity contribution >= 4 is 21.9 Å². The van der Waals surface area contributed by atoms with E-state index in [4.69, 9.17) is 4.74 Å². The van der Waals surface area contributed by atoms with Crippen molar-refractivity contribution in [2.75, 3.05) is 7.11 Å². The van der Waals surface area contributed by atoms with E-state index in [9.17, 15) is 9.90 Å². The first kappa shape index (κ1) is 14.7. The number of halogens is 1. The van der Waals surface area contributed by atoms with Crippen LogP contribution in [-0.4, -0.2) is 22.8 Å². The summed E-state index contributed by atoms with van der Waals surface area (Å²) in [6, 6.07) is 8.69. The Balaban J connectivity index is 2.37. The van der Waals surface area contributed by atoms with Crippen LogP contribution in [0.4, 0.5) is 0 Å². The van der Waals surface area contributed by atoms with Gasteiger partial charge in [-0.05, 0) is 46.6 Å². The van der Waals surface area contributed by atoms with E-state index in [0.717, 1.165) is 10.0 Å². The molecule has 0 fully saturated rings. The first-order chi connectivity index (χ1) is 9.45. The molecule has 0 saturated carbocycles. The van der Waals surface area contributed by atoms with Crippen LogP contribution < -0.4 is 0 Å². The van der Waals surface area contributed by atoms with Gasteiger partial charge in [0.05, 0.1) is 7.11 Å². The second-order valence-corrected chi connectivity index (χ2v) is 5.76. The maximum absolute atomic E-state index is 12.2. The predicted molar refractivity (Wildman–Crippen MR) is 79.6 cm³/mol. The topological polar surface area (TPSA) is 51.5 Å². The summed E-state index contributed by atoms with van der Waals surface area (Å²) in [5.41, 5.74) is 0.109. The highest BCUT2D eigenvalue weighted by Crippen LogP contribution is 2.27. The molecule has 0 spiro atoms. The largest absolute Gasteiger partial charge is 0.508 e. The first-order valence-corrected chi connectivity index (χ1v) is 6.95. The summed E-state index contributed by atoms with van der Waals surface area (Å²) < 4.78 is 7.68. The van der Waals surface area contributed by atoms with Crippen molar-refractivity contribution in [2.45, 2.75) is 18.9 Å². The Bertz CT molecular complexity index is 606. The third-order valence-electron chi connectivity index (χ3n) is 3.34. The van der Waals surface area contributed by atoms with Gasteiger partial charge in [0.15, 0.2) is 0 Å². The number of phenols is 1. The SMILES string of the molecule is COC(=O)[C@](C)(Cc1ccc(O)cc1)n1ccc(Br)c1. The summed E-state index contributed by atoms with van der Waals surface area (Å²) in [5, 5.41) is 9.33. The predicted octanol–water partition coefficient (Wildman–Crippen LogP) is 3.09. The van der Waals surface area contributed by atoms with Crippen molar-refractivity contribution < 1.29 is 14.6 Å². The smallest absolute Gasteiger partial charge is 0.332 e. The first-order valence-electron chi connectivity index (χ1n) is 6.16. The molecule has 2 rings (SSSR count). The van der Waals surface area contributed by atoms with E-state index in [1.807, 2.05) is 30.0 Å². The molecule has 1 aromatic heterocycles. The van der Waals surface area contributed by atoms with Crippen LogP contribution in [0.1, 0.15) is 12.5 Å². The number of ether oxygens (including phenoxy) is 1. The molecule has 1 heterocycles. The number of carbonyl (C=O) groups is 1. The average Bonchev–Trinajstić information content (AvgIpc) is 2.87. The van der Waals surface area contributed by atoms with E-state index >= 15 is 0 Å². The third kappa shape index (κ3) is 2.88. The number of aromatic hydroxyl groups is 1. The second-order valence-electron chi connectivity index (χ2n) is 4.85. The van der Waals surface area contributed by atoms with Gasteiger partial charge in [-0.2, -0.15) is 0 Å². The van der Waals surface area contributed by atoms with E-state index in [1.54, 1.807) is 24.3 Å². The van der Waals surface area contributed by atoms with Gasteiger partial charge < -0.3 is 14.4 Å². The van der Waals surface area contributed by atoms with Gasteiger partial charge in [-0.15, -0.1) is 0 Å². The number of rotatable bonds is 4. The van der Waals surface area contributed by atoms with Crippen LogP contribution in [0.25, 0.3) is 0 Å². The molecule has 1 N–H and O–H groups in total. The van der Waals surface area contributed by atoms with Crippen molar-refractivity contribution in [3.8, 4) is 5.75 Å². The highest BCUT2D eigenvalue weighted by molar-refractivity contribution is 9.10. The molecule has 4 nitrogen and oxygen atoms in total. The Morgan fingerprint density at radius 2 is 2.00 bits per heavy atom. The van der Waals surface area contributed by atoms with Crippen LogP contribution in [0, 0.1) is 0 Å². The molecule has 106 valence electrons. The monoisotopic (exact) mass is 337 g/mol. The molecular formula is C15H16BrNO3. The molecule has 0 aliphatic heterocycles. The fraction of sp³-hybridized carbons (Fsp3) is 0.267. The molecule has 0 unspecified atom stereocenters. The minimum Gasteiger partial charge on any atom is -0.508 e. The zero-order chi connectivity index (χ0) is 14.8. The minimum absolute atomic E-state index is 0.206. The number of carbonyl (C=O) groups excluding carboxylic acids is 1. The lowest BCUT2D eigenvalue weighted by Crippen LogP contribution is -2.41. The van der Waals surface area contributed by atoms with Gasteiger partial charge >= 0.3 is 5.97 Å². The summed E-state index contributed by atoms with van der Waals surface area (Å²) in [7, 11) is 1.38. The summed E-state index contributed by atoms with van der Waals surface area (Å²) in [6.45, 7) is 1.83. The summed E-state index contributed by atoms with van der Waals surface area (Å²) in [6.07, 6.45) is 4.15. The summed E-state index contributed by atoms with van der Waals surface area (Å²) in [5.74, 6) is -0.106. The molecule has 5 heteroatoms. The van der Waals surface area contributed by atoms with Crippen LogP contribution in [0.15, 0.2) is 47.2 Å². The molecule has 0 aliphatic rings. The maximum atomic E-state index is 12.2. The van der Waals surface area contributed by atoms with Crippen molar-refractivity contribution in [3.63, 3.8) is 0 Å². The van der Waals surface area contributed by atoms with Crippen molar-refractivity contribution in [2.24, 2.45) is 0 Å². The highest BCUT2D eigenvalue weighted by atomic mass is 79.9. The van der Waals surface area contributed by atoms with Gasteiger partial charge in [0, 0.05) is 23.3 Å². The third-order valence-corrected chi connectivity index (χ3v) is 3.81. The van der Waals surface area contributed by atoms with Gasteiger partial charge in [0.25, 0.3) is 0 Å². The van der Waals surface area contributed by atoms with Crippen molar-refractivity contribution in [1.82, 2.24) is 4.57 Å². The van der Waals surface area contributed by atoms with Gasteiger partial charge in [-0.1, -0.05) is 12.1 Å². The van der Waals surface area contributed by atoms with E-state index in [2.05, 4.69) is 15.9 Å². The highest BCUT2D eigenvalue weighted by Gasteiger charge is 2.36. The van der Waals surface area contributed by atoms with Gasteiger partial charge in [0.2, 0.25) is 0 Å². The maximum Gasteiger partial charge on any atom is 0.332 e. The Labute approximate surface area is 126 Å². The van der Waals surface area contributed by atoms with Crippen LogP contribution in [0.5, 0.6) is 5.75 Å². The van der Waals surface area contributed by atoms with Gasteiger partial charge in [-0.25, -0.2) is 4.79 Å². The van der Waals surface area contributed by atoms with Crippen LogP contribution in [0.3, 0.4) is 0 Å². The number of methoxy groups -OCH3 is 1. The number of hydrogen-bond donors (Lipinski definition) is 1. The van der Waals surface area contributed by atoms with Crippen LogP contribution in [0.2, 0.25) is 0 Å². The molecule has 0 bridgehead atoms. The molecule has 1 atom stereocenters. The van der Waals surface area contributed by atoms with E-state index in [1.165, 1.54) is 7.11 Å². The molecule has 2 aromatic rings. The standard InChI is InChI=1S/C15H16BrNO3/c1-15(14(19)20-2,17-8-7-12(16)10-17)9-11-3-5-13(18)6-4-11/h3-8,10,18H,9H2,1-2H3/t15-/m0/s1. The van der Waals surface area contributed by atoms with Crippen LogP contribution >= 0.6 is 15.9 Å².